The van der Waals surface area contributed by atoms with Crippen molar-refractivity contribution in [1.82, 2.24) is 0 Å². The zero-order chi connectivity index (χ0) is 9.68. The smallest absolute Gasteiger partial charge is 0.0710 e. The first kappa shape index (κ1) is 9.76. The normalized spacial score (nSPS) is 12.1. The van der Waals surface area contributed by atoms with Gasteiger partial charge in [0.25, 0.3) is 0 Å². The quantitative estimate of drug-likeness (QED) is 0.763. The molecule has 0 radical (unpaired) electrons. The Kier molecular flexibility index (Phi) is 3.48. The molecule has 13 heavy (non-hydrogen) atoms. The zero-order valence-electron chi connectivity index (χ0n) is 7.83. The maximum Gasteiger partial charge on any atom is 0.0710 e. The first-order chi connectivity index (χ1) is 6.31. The first-order valence-corrected chi connectivity index (χ1v) is 4.50. The van der Waals surface area contributed by atoms with Crippen LogP contribution < -0.4 is 5.73 Å². The van der Waals surface area contributed by atoms with Gasteiger partial charge >= 0.3 is 0 Å². The molecule has 2 heteroatoms. The number of hydrogen-bond donors (Lipinski definition) is 1. The van der Waals surface area contributed by atoms with Crippen LogP contribution in [0.15, 0.2) is 24.3 Å². The highest BCUT2D eigenvalue weighted by atomic mass is 14.5. The Morgan fingerprint density at radius 2 is 2.00 bits per heavy atom. The summed E-state index contributed by atoms with van der Waals surface area (Å²) in [5.41, 5.74) is 7.67. The van der Waals surface area contributed by atoms with Gasteiger partial charge < -0.3 is 5.73 Å². The summed E-state index contributed by atoms with van der Waals surface area (Å²) >= 11 is 0. The third-order valence-electron chi connectivity index (χ3n) is 2.18. The van der Waals surface area contributed by atoms with Crippen LogP contribution in [0.2, 0.25) is 0 Å². The third kappa shape index (κ3) is 2.30. The van der Waals surface area contributed by atoms with E-state index in [1.165, 1.54) is 0 Å². The predicted octanol–water partition coefficient (Wildman–Crippen LogP) is 2.16. The van der Waals surface area contributed by atoms with Gasteiger partial charge in [0.05, 0.1) is 12.0 Å². The number of hydrogen-bond acceptors (Lipinski definition) is 2. The van der Waals surface area contributed by atoms with Crippen LogP contribution in [0, 0.1) is 11.3 Å². The van der Waals surface area contributed by atoms with Crippen molar-refractivity contribution in [3.63, 3.8) is 0 Å². The molecule has 2 nitrogen and oxygen atoms in total. The molecule has 1 unspecified atom stereocenters. The molecule has 1 aromatic rings. The summed E-state index contributed by atoms with van der Waals surface area (Å²) in [6.07, 6.45) is 0.860. The minimum atomic E-state index is 0.0202. The molecule has 0 saturated heterocycles. The Labute approximate surface area is 79.0 Å². The maximum absolute atomic E-state index is 8.83. The second-order valence-corrected chi connectivity index (χ2v) is 3.04. The fraction of sp³-hybridized carbons (Fsp3) is 0.364. The summed E-state index contributed by atoms with van der Waals surface area (Å²) in [4.78, 5) is 0. The van der Waals surface area contributed by atoms with Crippen molar-refractivity contribution >= 4 is 0 Å². The molecule has 0 heterocycles. The van der Waals surface area contributed by atoms with Crippen molar-refractivity contribution in [3.05, 3.63) is 35.4 Å². The van der Waals surface area contributed by atoms with Gasteiger partial charge in [-0.3, -0.25) is 0 Å². The van der Waals surface area contributed by atoms with E-state index >= 15 is 0 Å². The summed E-state index contributed by atoms with van der Waals surface area (Å²) < 4.78 is 0. The Morgan fingerprint density at radius 1 is 1.38 bits per heavy atom. The lowest BCUT2D eigenvalue weighted by molar-refractivity contribution is 0.817. The van der Waals surface area contributed by atoms with Crippen LogP contribution in [0.1, 0.15) is 30.4 Å². The molecule has 0 aromatic heterocycles. The van der Waals surface area contributed by atoms with E-state index in [0.29, 0.717) is 6.54 Å². The standard InChI is InChI=1S/C11H14N2/c1-2-10(8-13)11-5-3-9(7-12)4-6-11/h3-6,10H,2,7,12H2,1H3. The summed E-state index contributed by atoms with van der Waals surface area (Å²) in [5.74, 6) is 0.0202. The zero-order valence-corrected chi connectivity index (χ0v) is 7.83. The molecule has 0 saturated carbocycles. The van der Waals surface area contributed by atoms with Crippen LogP contribution in [-0.2, 0) is 6.54 Å². The Morgan fingerprint density at radius 3 is 2.38 bits per heavy atom. The number of nitrogens with zero attached hydrogens (tertiary/aromatic N) is 1. The number of nitriles is 1. The molecular weight excluding hydrogens is 160 g/mol. The number of benzene rings is 1. The Hall–Kier alpha value is -1.33. The van der Waals surface area contributed by atoms with Gasteiger partial charge in [-0.15, -0.1) is 0 Å². The monoisotopic (exact) mass is 174 g/mol. The molecule has 0 aliphatic rings. The van der Waals surface area contributed by atoms with Crippen molar-refractivity contribution < 1.29 is 0 Å². The van der Waals surface area contributed by atoms with E-state index in [0.717, 1.165) is 17.5 Å². The van der Waals surface area contributed by atoms with Crippen LogP contribution in [-0.4, -0.2) is 0 Å². The average Bonchev–Trinajstić information content (AvgIpc) is 2.21. The molecule has 1 aromatic carbocycles. The number of nitrogens with two attached hydrogens (primary N) is 1. The topological polar surface area (TPSA) is 49.8 Å². The molecular formula is C11H14N2. The lowest BCUT2D eigenvalue weighted by atomic mass is 9.97. The van der Waals surface area contributed by atoms with Gasteiger partial charge in [-0.05, 0) is 17.5 Å². The second-order valence-electron chi connectivity index (χ2n) is 3.04. The van der Waals surface area contributed by atoms with E-state index < -0.39 is 0 Å². The van der Waals surface area contributed by atoms with Gasteiger partial charge in [0.15, 0.2) is 0 Å². The lowest BCUT2D eigenvalue weighted by Gasteiger charge is -2.06. The molecule has 68 valence electrons. The molecule has 1 rings (SSSR count). The first-order valence-electron chi connectivity index (χ1n) is 4.50. The van der Waals surface area contributed by atoms with E-state index in [2.05, 4.69) is 6.07 Å². The van der Waals surface area contributed by atoms with Gasteiger partial charge in [0, 0.05) is 6.54 Å². The van der Waals surface area contributed by atoms with Crippen molar-refractivity contribution in [3.8, 4) is 6.07 Å². The van der Waals surface area contributed by atoms with Crippen molar-refractivity contribution in [2.45, 2.75) is 25.8 Å². The number of rotatable bonds is 3. The molecule has 0 bridgehead atoms. The maximum atomic E-state index is 8.83. The second kappa shape index (κ2) is 4.64. The summed E-state index contributed by atoms with van der Waals surface area (Å²) in [6, 6.07) is 10.2. The largest absolute Gasteiger partial charge is 0.326 e. The Balaban J connectivity index is 2.86. The van der Waals surface area contributed by atoms with E-state index in [4.69, 9.17) is 11.0 Å². The van der Waals surface area contributed by atoms with E-state index in [1.54, 1.807) is 0 Å². The van der Waals surface area contributed by atoms with E-state index in [1.807, 2.05) is 31.2 Å². The van der Waals surface area contributed by atoms with Gasteiger partial charge in [-0.1, -0.05) is 31.2 Å². The predicted molar refractivity (Wildman–Crippen MR) is 53.0 cm³/mol. The SMILES string of the molecule is CCC(C#N)c1ccc(CN)cc1. The summed E-state index contributed by atoms with van der Waals surface area (Å²) in [5, 5.41) is 8.83. The fourth-order valence-electron chi connectivity index (χ4n) is 1.29. The average molecular weight is 174 g/mol. The van der Waals surface area contributed by atoms with Gasteiger partial charge in [-0.25, -0.2) is 0 Å². The van der Waals surface area contributed by atoms with Gasteiger partial charge in [0.2, 0.25) is 0 Å². The molecule has 2 N–H and O–H groups in total. The lowest BCUT2D eigenvalue weighted by Crippen LogP contribution is -1.98. The van der Waals surface area contributed by atoms with Crippen LogP contribution in [0.4, 0.5) is 0 Å². The van der Waals surface area contributed by atoms with Crippen LogP contribution in [0.25, 0.3) is 0 Å². The summed E-state index contributed by atoms with van der Waals surface area (Å²) in [7, 11) is 0. The highest BCUT2D eigenvalue weighted by molar-refractivity contribution is 5.28. The molecule has 0 aliphatic heterocycles. The Bertz CT molecular complexity index is 295. The van der Waals surface area contributed by atoms with Crippen LogP contribution in [0.5, 0.6) is 0 Å². The van der Waals surface area contributed by atoms with Crippen molar-refractivity contribution in [2.24, 2.45) is 5.73 Å². The summed E-state index contributed by atoms with van der Waals surface area (Å²) in [6.45, 7) is 2.58. The van der Waals surface area contributed by atoms with Gasteiger partial charge in [0.1, 0.15) is 0 Å². The van der Waals surface area contributed by atoms with E-state index in [9.17, 15) is 0 Å². The highest BCUT2D eigenvalue weighted by Gasteiger charge is 2.06. The molecule has 0 spiro atoms. The molecule has 0 amide bonds. The van der Waals surface area contributed by atoms with E-state index in [-0.39, 0.29) is 5.92 Å². The molecule has 0 aliphatic carbocycles. The molecule has 1 atom stereocenters. The highest BCUT2D eigenvalue weighted by Crippen LogP contribution is 2.18. The minimum Gasteiger partial charge on any atom is -0.326 e. The van der Waals surface area contributed by atoms with Crippen LogP contribution in [0.3, 0.4) is 0 Å². The van der Waals surface area contributed by atoms with Gasteiger partial charge in [-0.2, -0.15) is 5.26 Å². The third-order valence-corrected chi connectivity index (χ3v) is 2.18. The minimum absolute atomic E-state index is 0.0202. The van der Waals surface area contributed by atoms with Crippen LogP contribution >= 0.6 is 0 Å². The van der Waals surface area contributed by atoms with Crippen molar-refractivity contribution in [2.75, 3.05) is 0 Å². The molecule has 0 fully saturated rings. The fourth-order valence-corrected chi connectivity index (χ4v) is 1.29. The van der Waals surface area contributed by atoms with Crippen molar-refractivity contribution in [1.29, 1.82) is 5.26 Å².